The fourth-order valence-corrected chi connectivity index (χ4v) is 2.25. The van der Waals surface area contributed by atoms with Crippen LogP contribution >= 0.6 is 11.6 Å². The van der Waals surface area contributed by atoms with Gasteiger partial charge in [0.1, 0.15) is 17.7 Å². The summed E-state index contributed by atoms with van der Waals surface area (Å²) >= 11 is 5.81. The Morgan fingerprint density at radius 3 is 2.84 bits per heavy atom. The summed E-state index contributed by atoms with van der Waals surface area (Å²) in [6.07, 6.45) is 5.32. The first kappa shape index (κ1) is 13.4. The summed E-state index contributed by atoms with van der Waals surface area (Å²) in [5.41, 5.74) is 6.18. The fraction of sp³-hybridized carbons (Fsp3) is 0.231. The van der Waals surface area contributed by atoms with E-state index in [1.165, 1.54) is 23.1 Å². The maximum atomic E-state index is 13.4. The number of benzene rings is 1. The summed E-state index contributed by atoms with van der Waals surface area (Å²) in [4.78, 5) is 16.8. The zero-order valence-electron chi connectivity index (χ0n) is 10.1. The summed E-state index contributed by atoms with van der Waals surface area (Å²) in [7, 11) is 0. The summed E-state index contributed by atoms with van der Waals surface area (Å²) < 4.78 is 13.4. The maximum absolute atomic E-state index is 13.4. The Morgan fingerprint density at radius 1 is 1.58 bits per heavy atom. The van der Waals surface area contributed by atoms with Crippen LogP contribution in [0.15, 0.2) is 23.2 Å². The second kappa shape index (κ2) is 4.90. The molecule has 4 nitrogen and oxygen atoms in total. The van der Waals surface area contributed by atoms with Crippen LogP contribution in [0.25, 0.3) is 0 Å². The highest BCUT2D eigenvalue weighted by Crippen LogP contribution is 2.30. The van der Waals surface area contributed by atoms with Gasteiger partial charge in [0, 0.05) is 5.02 Å². The van der Waals surface area contributed by atoms with Gasteiger partial charge in [-0.2, -0.15) is 4.99 Å². The van der Waals surface area contributed by atoms with Crippen LogP contribution < -0.4 is 5.73 Å². The third-order valence-corrected chi connectivity index (χ3v) is 3.08. The van der Waals surface area contributed by atoms with Gasteiger partial charge in [-0.1, -0.05) is 17.5 Å². The van der Waals surface area contributed by atoms with Crippen LogP contribution in [0, 0.1) is 18.2 Å². The Hall–Kier alpha value is -2.06. The van der Waals surface area contributed by atoms with E-state index in [-0.39, 0.29) is 10.9 Å². The minimum absolute atomic E-state index is 0.0776. The Balaban J connectivity index is 2.49. The van der Waals surface area contributed by atoms with Crippen molar-refractivity contribution in [1.82, 2.24) is 4.90 Å². The van der Waals surface area contributed by atoms with E-state index in [0.29, 0.717) is 5.56 Å². The number of urea groups is 1. The Kier molecular flexibility index (Phi) is 3.45. The SMILES string of the molecule is C#CC(C)N1C(=O)N=C(N)C1c1cc(F)cc(Cl)c1. The van der Waals surface area contributed by atoms with E-state index in [0.717, 1.165) is 0 Å². The molecule has 0 fully saturated rings. The lowest BCUT2D eigenvalue weighted by molar-refractivity contribution is 0.199. The Bertz CT molecular complexity index is 588. The second-order valence-corrected chi connectivity index (χ2v) is 4.61. The number of carbonyl (C=O) groups excluding carboxylic acids is 1. The molecule has 1 aliphatic rings. The Labute approximate surface area is 115 Å². The minimum atomic E-state index is -0.688. The number of terminal acetylenes is 1. The number of halogens is 2. The molecular formula is C13H11ClFN3O. The van der Waals surface area contributed by atoms with E-state index in [1.807, 2.05) is 0 Å². The smallest absolute Gasteiger partial charge is 0.347 e. The molecule has 0 spiro atoms. The largest absolute Gasteiger partial charge is 0.385 e. The number of aliphatic imine (C=N–C) groups is 1. The molecule has 1 heterocycles. The van der Waals surface area contributed by atoms with Crippen LogP contribution in [-0.4, -0.2) is 22.8 Å². The van der Waals surface area contributed by atoms with Crippen LogP contribution in [0.4, 0.5) is 9.18 Å². The number of nitrogens with two attached hydrogens (primary N) is 1. The number of nitrogens with zero attached hydrogens (tertiary/aromatic N) is 2. The quantitative estimate of drug-likeness (QED) is 0.845. The van der Waals surface area contributed by atoms with Gasteiger partial charge in [-0.25, -0.2) is 9.18 Å². The highest BCUT2D eigenvalue weighted by molar-refractivity contribution is 6.30. The third kappa shape index (κ3) is 2.40. The predicted octanol–water partition coefficient (Wildman–Crippen LogP) is 2.33. The highest BCUT2D eigenvalue weighted by Gasteiger charge is 2.37. The normalized spacial score (nSPS) is 20.1. The molecule has 6 heteroatoms. The summed E-state index contributed by atoms with van der Waals surface area (Å²) in [6.45, 7) is 1.67. The first-order chi connectivity index (χ1) is 8.93. The van der Waals surface area contributed by atoms with Crippen molar-refractivity contribution in [2.24, 2.45) is 10.7 Å². The molecule has 0 aliphatic carbocycles. The van der Waals surface area contributed by atoms with Crippen LogP contribution in [0.5, 0.6) is 0 Å². The zero-order valence-corrected chi connectivity index (χ0v) is 10.9. The van der Waals surface area contributed by atoms with Gasteiger partial charge in [0.25, 0.3) is 0 Å². The standard InChI is InChI=1S/C13H11ClFN3O/c1-3-7(2)18-11(12(16)17-13(18)19)8-4-9(14)6-10(15)5-8/h1,4-7,11H,2H3,(H2,16,17,19). The van der Waals surface area contributed by atoms with Crippen molar-refractivity contribution in [1.29, 1.82) is 0 Å². The van der Waals surface area contributed by atoms with Crippen molar-refractivity contribution in [2.45, 2.75) is 19.0 Å². The van der Waals surface area contributed by atoms with E-state index in [9.17, 15) is 9.18 Å². The van der Waals surface area contributed by atoms with Gasteiger partial charge in [0.05, 0.1) is 6.04 Å². The lowest BCUT2D eigenvalue weighted by Gasteiger charge is -2.27. The van der Waals surface area contributed by atoms with Gasteiger partial charge < -0.3 is 5.73 Å². The van der Waals surface area contributed by atoms with Gasteiger partial charge >= 0.3 is 6.03 Å². The summed E-state index contributed by atoms with van der Waals surface area (Å²) in [5.74, 6) is 2.00. The molecule has 0 radical (unpaired) electrons. The maximum Gasteiger partial charge on any atom is 0.347 e. The molecule has 2 atom stereocenters. The van der Waals surface area contributed by atoms with Crippen molar-refractivity contribution < 1.29 is 9.18 Å². The van der Waals surface area contributed by atoms with Crippen LogP contribution in [0.1, 0.15) is 18.5 Å². The molecule has 1 aromatic carbocycles. The van der Waals surface area contributed by atoms with Crippen molar-refractivity contribution in [2.75, 3.05) is 0 Å². The highest BCUT2D eigenvalue weighted by atomic mass is 35.5. The molecule has 1 aromatic rings. The zero-order chi connectivity index (χ0) is 14.2. The van der Waals surface area contributed by atoms with E-state index >= 15 is 0 Å². The Morgan fingerprint density at radius 2 is 2.26 bits per heavy atom. The first-order valence-electron chi connectivity index (χ1n) is 5.52. The monoisotopic (exact) mass is 279 g/mol. The molecule has 2 rings (SSSR count). The average molecular weight is 280 g/mol. The number of amidine groups is 1. The topological polar surface area (TPSA) is 58.7 Å². The van der Waals surface area contributed by atoms with Gasteiger partial charge in [0.2, 0.25) is 0 Å². The third-order valence-electron chi connectivity index (χ3n) is 2.86. The van der Waals surface area contributed by atoms with Gasteiger partial charge in [0.15, 0.2) is 0 Å². The minimum Gasteiger partial charge on any atom is -0.385 e. The van der Waals surface area contributed by atoms with Gasteiger partial charge in [-0.05, 0) is 30.7 Å². The fourth-order valence-electron chi connectivity index (χ4n) is 2.02. The van der Waals surface area contributed by atoms with Crippen molar-refractivity contribution in [3.05, 3.63) is 34.6 Å². The van der Waals surface area contributed by atoms with E-state index in [4.69, 9.17) is 23.8 Å². The van der Waals surface area contributed by atoms with Crippen molar-refractivity contribution >= 4 is 23.5 Å². The second-order valence-electron chi connectivity index (χ2n) is 4.17. The molecular weight excluding hydrogens is 269 g/mol. The molecule has 0 saturated carbocycles. The van der Waals surface area contributed by atoms with Crippen LogP contribution in [0.3, 0.4) is 0 Å². The van der Waals surface area contributed by atoms with Crippen molar-refractivity contribution in [3.63, 3.8) is 0 Å². The van der Waals surface area contributed by atoms with E-state index in [1.54, 1.807) is 6.92 Å². The van der Waals surface area contributed by atoms with E-state index in [2.05, 4.69) is 10.9 Å². The molecule has 0 bridgehead atoms. The molecule has 98 valence electrons. The lowest BCUT2D eigenvalue weighted by atomic mass is 10.0. The summed E-state index contributed by atoms with van der Waals surface area (Å²) in [5, 5.41) is 0.218. The molecule has 0 saturated heterocycles. The molecule has 2 amide bonds. The molecule has 19 heavy (non-hydrogen) atoms. The van der Waals surface area contributed by atoms with Gasteiger partial charge in [-0.3, -0.25) is 4.90 Å². The molecule has 2 unspecified atom stereocenters. The number of amides is 2. The molecule has 0 aromatic heterocycles. The van der Waals surface area contributed by atoms with E-state index < -0.39 is 23.9 Å². The lowest BCUT2D eigenvalue weighted by Crippen LogP contribution is -2.39. The molecule has 2 N–H and O–H groups in total. The predicted molar refractivity (Wildman–Crippen MR) is 71.3 cm³/mol. The van der Waals surface area contributed by atoms with Crippen molar-refractivity contribution in [3.8, 4) is 12.3 Å². The number of carbonyl (C=O) groups is 1. The first-order valence-corrected chi connectivity index (χ1v) is 5.90. The number of hydrogen-bond acceptors (Lipinski definition) is 2. The summed E-state index contributed by atoms with van der Waals surface area (Å²) in [6, 6.07) is 2.23. The average Bonchev–Trinajstić information content (AvgIpc) is 2.62. The molecule has 1 aliphatic heterocycles. The number of hydrogen-bond donors (Lipinski definition) is 1. The van der Waals surface area contributed by atoms with Crippen LogP contribution in [0.2, 0.25) is 5.02 Å². The van der Waals surface area contributed by atoms with Crippen LogP contribution in [-0.2, 0) is 0 Å². The van der Waals surface area contributed by atoms with Gasteiger partial charge in [-0.15, -0.1) is 6.42 Å². The number of rotatable bonds is 2.